The van der Waals surface area contributed by atoms with E-state index in [4.69, 9.17) is 14.2 Å². The topological polar surface area (TPSA) is 78.9 Å². The minimum absolute atomic E-state index is 0.0647. The molecule has 6 heteroatoms. The molecule has 0 aromatic rings. The summed E-state index contributed by atoms with van der Waals surface area (Å²) in [5, 5.41) is 0. The molecule has 0 N–H and O–H groups in total. The van der Waals surface area contributed by atoms with Gasteiger partial charge in [-0.25, -0.2) is 0 Å². The van der Waals surface area contributed by atoms with Crippen LogP contribution in [0.4, 0.5) is 0 Å². The SMILES string of the molecule is CCC(C)CCCCCCCCC(=O)OC[C@H](COC(=O)CCCCCCCCCCCCCCCCC(C)C)OC(=O)CCCCCCCCCCCCCCCC(C)C. The molecule has 6 nitrogen and oxygen atoms in total. The Bertz CT molecular complexity index is 947. The summed E-state index contributed by atoms with van der Waals surface area (Å²) >= 11 is 0. The zero-order valence-corrected chi connectivity index (χ0v) is 42.0. The number of esters is 3. The van der Waals surface area contributed by atoms with Gasteiger partial charge in [-0.1, -0.05) is 260 Å². The van der Waals surface area contributed by atoms with Crippen LogP contribution < -0.4 is 0 Å². The van der Waals surface area contributed by atoms with Crippen LogP contribution in [-0.2, 0) is 28.6 Å². The van der Waals surface area contributed by atoms with Crippen LogP contribution >= 0.6 is 0 Å². The minimum atomic E-state index is -0.763. The number of carbonyl (C=O) groups is 3. The van der Waals surface area contributed by atoms with Crippen molar-refractivity contribution in [2.24, 2.45) is 17.8 Å². The van der Waals surface area contributed by atoms with Crippen LogP contribution in [0, 0.1) is 17.8 Å². The van der Waals surface area contributed by atoms with Gasteiger partial charge in [0.25, 0.3) is 0 Å². The van der Waals surface area contributed by atoms with E-state index in [0.717, 1.165) is 75.5 Å². The first-order chi connectivity index (χ1) is 29.6. The van der Waals surface area contributed by atoms with Crippen molar-refractivity contribution in [3.05, 3.63) is 0 Å². The second-order valence-corrected chi connectivity index (χ2v) is 20.1. The number of rotatable bonds is 48. The van der Waals surface area contributed by atoms with Crippen molar-refractivity contribution in [1.82, 2.24) is 0 Å². The molecule has 0 aromatic carbocycles. The van der Waals surface area contributed by atoms with Crippen LogP contribution in [0.3, 0.4) is 0 Å². The van der Waals surface area contributed by atoms with Crippen molar-refractivity contribution in [2.75, 3.05) is 13.2 Å². The third kappa shape index (κ3) is 47.7. The Morgan fingerprint density at radius 2 is 0.574 bits per heavy atom. The first-order valence-electron chi connectivity index (χ1n) is 27.1. The van der Waals surface area contributed by atoms with Gasteiger partial charge in [-0.3, -0.25) is 14.4 Å². The number of hydrogen-bond donors (Lipinski definition) is 0. The molecule has 0 aliphatic heterocycles. The van der Waals surface area contributed by atoms with Crippen molar-refractivity contribution < 1.29 is 28.6 Å². The van der Waals surface area contributed by atoms with Gasteiger partial charge in [0, 0.05) is 19.3 Å². The van der Waals surface area contributed by atoms with E-state index in [-0.39, 0.29) is 31.1 Å². The van der Waals surface area contributed by atoms with Gasteiger partial charge < -0.3 is 14.2 Å². The molecule has 0 fully saturated rings. The molecule has 0 radical (unpaired) electrons. The monoisotopic (exact) mass is 863 g/mol. The van der Waals surface area contributed by atoms with Crippen LogP contribution in [0.25, 0.3) is 0 Å². The Balaban J connectivity index is 4.28. The highest BCUT2D eigenvalue weighted by Gasteiger charge is 2.19. The summed E-state index contributed by atoms with van der Waals surface area (Å²) in [4.78, 5) is 38.0. The number of unbranched alkanes of at least 4 members (excludes halogenated alkanes) is 30. The van der Waals surface area contributed by atoms with Crippen LogP contribution in [0.1, 0.15) is 298 Å². The van der Waals surface area contributed by atoms with Crippen LogP contribution in [0.5, 0.6) is 0 Å². The lowest BCUT2D eigenvalue weighted by Gasteiger charge is -2.18. The van der Waals surface area contributed by atoms with Gasteiger partial charge in [-0.15, -0.1) is 0 Å². The van der Waals surface area contributed by atoms with Gasteiger partial charge in [0.2, 0.25) is 0 Å². The molecule has 0 aromatic heterocycles. The Morgan fingerprint density at radius 3 is 0.852 bits per heavy atom. The van der Waals surface area contributed by atoms with Gasteiger partial charge >= 0.3 is 17.9 Å². The standard InChI is InChI=1S/C55H106O6/c1-7-51(6)43-37-31-27-28-33-39-45-54(57)60-48-52(61-55(58)46-40-34-26-22-18-14-10-12-16-20-24-30-36-42-50(4)5)47-59-53(56)44-38-32-25-21-17-13-9-8-11-15-19-23-29-35-41-49(2)3/h49-52H,7-48H2,1-6H3/t51?,52-/m0/s1. The van der Waals surface area contributed by atoms with E-state index in [9.17, 15) is 14.4 Å². The third-order valence-corrected chi connectivity index (χ3v) is 12.8. The minimum Gasteiger partial charge on any atom is -0.462 e. The largest absolute Gasteiger partial charge is 0.462 e. The first kappa shape index (κ1) is 59.4. The Morgan fingerprint density at radius 1 is 0.328 bits per heavy atom. The van der Waals surface area contributed by atoms with E-state index in [2.05, 4.69) is 41.5 Å². The normalized spacial score (nSPS) is 12.6. The lowest BCUT2D eigenvalue weighted by molar-refractivity contribution is -0.167. The van der Waals surface area contributed by atoms with E-state index in [1.165, 1.54) is 180 Å². The molecule has 0 rings (SSSR count). The van der Waals surface area contributed by atoms with Gasteiger partial charge in [0.1, 0.15) is 13.2 Å². The quantitative estimate of drug-likeness (QED) is 0.0344. The fourth-order valence-electron chi connectivity index (χ4n) is 8.26. The van der Waals surface area contributed by atoms with E-state index in [0.29, 0.717) is 19.3 Å². The maximum absolute atomic E-state index is 12.8. The Kier molecular flexibility index (Phi) is 45.2. The number of hydrogen-bond acceptors (Lipinski definition) is 6. The molecule has 0 amide bonds. The molecule has 362 valence electrons. The molecule has 0 saturated heterocycles. The Hall–Kier alpha value is -1.59. The molecule has 0 aliphatic rings. The summed E-state index contributed by atoms with van der Waals surface area (Å²) in [6, 6.07) is 0. The van der Waals surface area contributed by atoms with Crippen LogP contribution in [0.15, 0.2) is 0 Å². The predicted molar refractivity (Wildman–Crippen MR) is 261 cm³/mol. The molecule has 0 saturated carbocycles. The summed E-state index contributed by atoms with van der Waals surface area (Å²) in [7, 11) is 0. The molecule has 2 atom stereocenters. The third-order valence-electron chi connectivity index (χ3n) is 12.8. The second kappa shape index (κ2) is 46.4. The summed E-state index contributed by atoms with van der Waals surface area (Å²) in [5.74, 6) is 1.65. The Labute approximate surface area is 380 Å². The van der Waals surface area contributed by atoms with Crippen LogP contribution in [-0.4, -0.2) is 37.2 Å². The summed E-state index contributed by atoms with van der Waals surface area (Å²) in [6.45, 7) is 13.7. The summed E-state index contributed by atoms with van der Waals surface area (Å²) < 4.78 is 16.8. The van der Waals surface area contributed by atoms with Crippen LogP contribution in [0.2, 0.25) is 0 Å². The maximum Gasteiger partial charge on any atom is 0.306 e. The number of ether oxygens (including phenoxy) is 3. The van der Waals surface area contributed by atoms with Crippen molar-refractivity contribution in [1.29, 1.82) is 0 Å². The predicted octanol–water partition coefficient (Wildman–Crippen LogP) is 17.6. The smallest absolute Gasteiger partial charge is 0.306 e. The van der Waals surface area contributed by atoms with Crippen molar-refractivity contribution >= 4 is 17.9 Å². The fraction of sp³-hybridized carbons (Fsp3) is 0.945. The lowest BCUT2D eigenvalue weighted by Crippen LogP contribution is -2.30. The fourth-order valence-corrected chi connectivity index (χ4v) is 8.26. The van der Waals surface area contributed by atoms with Gasteiger partial charge in [-0.2, -0.15) is 0 Å². The number of carbonyl (C=O) groups excluding carboxylic acids is 3. The first-order valence-corrected chi connectivity index (χ1v) is 27.1. The zero-order valence-electron chi connectivity index (χ0n) is 42.0. The molecule has 0 bridgehead atoms. The molecular formula is C55H106O6. The average Bonchev–Trinajstić information content (AvgIpc) is 3.23. The van der Waals surface area contributed by atoms with E-state index < -0.39 is 6.10 Å². The molecular weight excluding hydrogens is 757 g/mol. The van der Waals surface area contributed by atoms with Gasteiger partial charge in [0.05, 0.1) is 0 Å². The van der Waals surface area contributed by atoms with Crippen molar-refractivity contribution in [3.63, 3.8) is 0 Å². The molecule has 1 unspecified atom stereocenters. The van der Waals surface area contributed by atoms with Gasteiger partial charge in [-0.05, 0) is 37.0 Å². The maximum atomic E-state index is 12.8. The average molecular weight is 863 g/mol. The lowest BCUT2D eigenvalue weighted by atomic mass is 10.00. The van der Waals surface area contributed by atoms with E-state index >= 15 is 0 Å². The van der Waals surface area contributed by atoms with E-state index in [1.807, 2.05) is 0 Å². The molecule has 0 spiro atoms. The highest BCUT2D eigenvalue weighted by atomic mass is 16.6. The molecule has 0 aliphatic carbocycles. The van der Waals surface area contributed by atoms with Crippen molar-refractivity contribution in [3.8, 4) is 0 Å². The summed E-state index contributed by atoms with van der Waals surface area (Å²) in [5.41, 5.74) is 0. The second-order valence-electron chi connectivity index (χ2n) is 20.1. The molecule has 0 heterocycles. The highest BCUT2D eigenvalue weighted by molar-refractivity contribution is 5.71. The summed E-state index contributed by atoms with van der Waals surface area (Å²) in [6.07, 6.45) is 46.6. The molecule has 61 heavy (non-hydrogen) atoms. The zero-order chi connectivity index (χ0) is 44.9. The van der Waals surface area contributed by atoms with Gasteiger partial charge in [0.15, 0.2) is 6.10 Å². The highest BCUT2D eigenvalue weighted by Crippen LogP contribution is 2.18. The van der Waals surface area contributed by atoms with E-state index in [1.54, 1.807) is 0 Å². The van der Waals surface area contributed by atoms with Crippen molar-refractivity contribution in [2.45, 2.75) is 304 Å².